The van der Waals surface area contributed by atoms with Crippen LogP contribution in [-0.2, 0) is 6.61 Å². The topological polar surface area (TPSA) is 116 Å². The summed E-state index contributed by atoms with van der Waals surface area (Å²) in [6, 6.07) is 13.8. The predicted octanol–water partition coefficient (Wildman–Crippen LogP) is 5.02. The second kappa shape index (κ2) is 8.59. The lowest BCUT2D eigenvalue weighted by atomic mass is 9.96. The van der Waals surface area contributed by atoms with Gasteiger partial charge >= 0.3 is 0 Å². The predicted molar refractivity (Wildman–Crippen MR) is 115 cm³/mol. The number of halogens is 3. The van der Waals surface area contributed by atoms with Crippen LogP contribution in [0.1, 0.15) is 16.7 Å². The second-order valence-corrected chi connectivity index (χ2v) is 7.64. The third kappa shape index (κ3) is 4.23. The van der Waals surface area contributed by atoms with Gasteiger partial charge in [0.05, 0.1) is 0 Å². The Hall–Kier alpha value is -2.97. The van der Waals surface area contributed by atoms with Gasteiger partial charge in [-0.25, -0.2) is 0 Å². The van der Waals surface area contributed by atoms with Crippen LogP contribution in [0.5, 0.6) is 5.75 Å². The maximum absolute atomic E-state index is 12.2. The normalized spacial score (nSPS) is 10.2. The Labute approximate surface area is 184 Å². The summed E-state index contributed by atoms with van der Waals surface area (Å²) in [6.07, 6.45) is 0. The Morgan fingerprint density at radius 1 is 1.10 bits per heavy atom. The zero-order chi connectivity index (χ0) is 21.1. The van der Waals surface area contributed by atoms with Gasteiger partial charge in [0.2, 0.25) is 0 Å². The summed E-state index contributed by atoms with van der Waals surface area (Å²) < 4.78 is 6.57. The molecule has 0 fully saturated rings. The number of nitrogens with zero attached hydrogens (tertiary/aromatic N) is 2. The summed E-state index contributed by atoms with van der Waals surface area (Å²) in [5.41, 5.74) is 6.04. The van der Waals surface area contributed by atoms with Crippen molar-refractivity contribution in [3.63, 3.8) is 0 Å². The van der Waals surface area contributed by atoms with Crippen LogP contribution in [0.2, 0.25) is 10.0 Å². The molecule has 0 bridgehead atoms. The van der Waals surface area contributed by atoms with Crippen molar-refractivity contribution in [2.75, 3.05) is 5.73 Å². The van der Waals surface area contributed by atoms with Gasteiger partial charge in [-0.1, -0.05) is 45.2 Å². The Balaban J connectivity index is 2.15. The fourth-order valence-electron chi connectivity index (χ4n) is 2.73. The molecule has 0 amide bonds. The molecule has 0 unspecified atom stereocenters. The molecule has 29 heavy (non-hydrogen) atoms. The van der Waals surface area contributed by atoms with Gasteiger partial charge < -0.3 is 15.5 Å². The van der Waals surface area contributed by atoms with Crippen LogP contribution in [0.4, 0.5) is 5.82 Å². The molecule has 9 heteroatoms. The van der Waals surface area contributed by atoms with Crippen molar-refractivity contribution in [1.82, 2.24) is 4.98 Å². The number of benzene rings is 2. The molecule has 3 aromatic rings. The van der Waals surface area contributed by atoms with Crippen LogP contribution in [-0.4, -0.2) is 4.98 Å². The SMILES string of the molecule is N#Cc1c(N)[nH]c(=O)c(C#N)c1-c1cc(Br)ccc1OCc1ccc(Cl)cc1Cl. The van der Waals surface area contributed by atoms with Crippen molar-refractivity contribution < 1.29 is 4.74 Å². The van der Waals surface area contributed by atoms with Crippen LogP contribution in [0.25, 0.3) is 11.1 Å². The molecule has 3 rings (SSSR count). The largest absolute Gasteiger partial charge is 0.488 e. The maximum atomic E-state index is 12.2. The van der Waals surface area contributed by atoms with Crippen molar-refractivity contribution in [3.05, 3.63) is 78.0 Å². The van der Waals surface area contributed by atoms with Crippen molar-refractivity contribution in [1.29, 1.82) is 10.5 Å². The highest BCUT2D eigenvalue weighted by Gasteiger charge is 2.21. The van der Waals surface area contributed by atoms with Gasteiger partial charge in [-0.15, -0.1) is 0 Å². The van der Waals surface area contributed by atoms with E-state index in [0.717, 1.165) is 0 Å². The molecule has 0 spiro atoms. The molecule has 0 aliphatic carbocycles. The number of H-pyrrole nitrogens is 1. The fraction of sp³-hybridized carbons (Fsp3) is 0.0500. The number of pyridine rings is 1. The molecule has 0 radical (unpaired) electrons. The molecule has 0 saturated carbocycles. The van der Waals surface area contributed by atoms with Crippen molar-refractivity contribution in [2.45, 2.75) is 6.61 Å². The number of aromatic nitrogens is 1. The van der Waals surface area contributed by atoms with Gasteiger partial charge in [0.25, 0.3) is 5.56 Å². The highest BCUT2D eigenvalue weighted by molar-refractivity contribution is 9.10. The Bertz CT molecular complexity index is 1260. The smallest absolute Gasteiger partial charge is 0.268 e. The first-order chi connectivity index (χ1) is 13.8. The second-order valence-electron chi connectivity index (χ2n) is 5.88. The Morgan fingerprint density at radius 2 is 1.83 bits per heavy atom. The molecule has 2 aromatic carbocycles. The van der Waals surface area contributed by atoms with Crippen LogP contribution < -0.4 is 16.0 Å². The number of rotatable bonds is 4. The lowest BCUT2D eigenvalue weighted by Gasteiger charge is -2.15. The monoisotopic (exact) mass is 488 g/mol. The molecule has 3 N–H and O–H groups in total. The molecular formula is C20H11BrCl2N4O2. The van der Waals surface area contributed by atoms with Crippen molar-refractivity contribution >= 4 is 44.9 Å². The number of ether oxygens (including phenoxy) is 1. The average molecular weight is 490 g/mol. The van der Waals surface area contributed by atoms with Crippen molar-refractivity contribution in [3.8, 4) is 29.0 Å². The van der Waals surface area contributed by atoms with Crippen LogP contribution in [0.3, 0.4) is 0 Å². The number of anilines is 1. The quantitative estimate of drug-likeness (QED) is 0.533. The van der Waals surface area contributed by atoms with Gasteiger partial charge in [-0.3, -0.25) is 4.79 Å². The molecule has 0 aliphatic rings. The molecule has 1 aromatic heterocycles. The van der Waals surface area contributed by atoms with E-state index in [1.54, 1.807) is 36.4 Å². The standard InChI is InChI=1S/C20H11BrCl2N4O2/c21-11-2-4-17(29-9-10-1-3-12(22)6-16(10)23)13(5-11)18-14(7-24)19(26)27-20(28)15(18)8-25/h1-6H,9H2,(H3,26,27,28). The first kappa shape index (κ1) is 20.8. The number of aromatic amines is 1. The van der Waals surface area contributed by atoms with E-state index in [1.165, 1.54) is 0 Å². The van der Waals surface area contributed by atoms with E-state index in [-0.39, 0.29) is 29.1 Å². The first-order valence-corrected chi connectivity index (χ1v) is 9.63. The molecular weight excluding hydrogens is 479 g/mol. The Kier molecular flexibility index (Phi) is 6.14. The number of nitriles is 2. The lowest BCUT2D eigenvalue weighted by Crippen LogP contribution is -2.16. The number of nitrogens with two attached hydrogens (primary N) is 1. The molecule has 1 heterocycles. The third-order valence-electron chi connectivity index (χ3n) is 4.08. The minimum absolute atomic E-state index is 0.0198. The lowest BCUT2D eigenvalue weighted by molar-refractivity contribution is 0.307. The summed E-state index contributed by atoms with van der Waals surface area (Å²) >= 11 is 15.5. The highest BCUT2D eigenvalue weighted by Crippen LogP contribution is 2.37. The van der Waals surface area contributed by atoms with Gasteiger partial charge in [0.15, 0.2) is 0 Å². The zero-order valence-corrected chi connectivity index (χ0v) is 17.7. The average Bonchev–Trinajstić information content (AvgIpc) is 2.67. The van der Waals surface area contributed by atoms with E-state index in [0.29, 0.717) is 31.4 Å². The maximum Gasteiger partial charge on any atom is 0.268 e. The number of hydrogen-bond donors (Lipinski definition) is 2. The van der Waals surface area contributed by atoms with Crippen LogP contribution >= 0.6 is 39.1 Å². The number of hydrogen-bond acceptors (Lipinski definition) is 5. The minimum Gasteiger partial charge on any atom is -0.488 e. The van der Waals surface area contributed by atoms with Crippen LogP contribution in [0, 0.1) is 22.7 Å². The van der Waals surface area contributed by atoms with E-state index in [9.17, 15) is 15.3 Å². The third-order valence-corrected chi connectivity index (χ3v) is 5.16. The molecule has 6 nitrogen and oxygen atoms in total. The van der Waals surface area contributed by atoms with E-state index < -0.39 is 5.56 Å². The first-order valence-electron chi connectivity index (χ1n) is 8.08. The van der Waals surface area contributed by atoms with Gasteiger partial charge in [-0.2, -0.15) is 10.5 Å². The van der Waals surface area contributed by atoms with Gasteiger partial charge in [-0.05, 0) is 30.3 Å². The van der Waals surface area contributed by atoms with E-state index in [1.807, 2.05) is 12.1 Å². The Morgan fingerprint density at radius 3 is 2.48 bits per heavy atom. The summed E-state index contributed by atoms with van der Waals surface area (Å²) in [6.45, 7) is 0.104. The summed E-state index contributed by atoms with van der Waals surface area (Å²) in [5.74, 6) is 0.218. The summed E-state index contributed by atoms with van der Waals surface area (Å²) in [4.78, 5) is 14.6. The van der Waals surface area contributed by atoms with E-state index in [2.05, 4.69) is 20.9 Å². The highest BCUT2D eigenvalue weighted by atomic mass is 79.9. The van der Waals surface area contributed by atoms with Gasteiger partial charge in [0, 0.05) is 31.2 Å². The molecule has 144 valence electrons. The summed E-state index contributed by atoms with van der Waals surface area (Å²) in [7, 11) is 0. The minimum atomic E-state index is -0.689. The number of nitrogens with one attached hydrogen (secondary N) is 1. The summed E-state index contributed by atoms with van der Waals surface area (Å²) in [5, 5.41) is 20.0. The fourth-order valence-corrected chi connectivity index (χ4v) is 3.55. The van der Waals surface area contributed by atoms with E-state index in [4.69, 9.17) is 33.7 Å². The molecule has 0 saturated heterocycles. The van der Waals surface area contributed by atoms with Crippen molar-refractivity contribution in [2.24, 2.45) is 0 Å². The van der Waals surface area contributed by atoms with Gasteiger partial charge in [0.1, 0.15) is 41.4 Å². The number of nitrogen functional groups attached to an aromatic ring is 1. The van der Waals surface area contributed by atoms with Crippen LogP contribution in [0.15, 0.2) is 45.7 Å². The molecule has 0 aliphatic heterocycles. The molecule has 0 atom stereocenters. The zero-order valence-electron chi connectivity index (χ0n) is 14.6. The van der Waals surface area contributed by atoms with E-state index >= 15 is 0 Å².